The third-order valence-electron chi connectivity index (χ3n) is 4.44. The van der Waals surface area contributed by atoms with Gasteiger partial charge in [-0.1, -0.05) is 12.1 Å². The van der Waals surface area contributed by atoms with E-state index in [1.807, 2.05) is 24.3 Å². The van der Waals surface area contributed by atoms with Gasteiger partial charge in [-0.3, -0.25) is 4.79 Å². The van der Waals surface area contributed by atoms with Crippen LogP contribution in [0.5, 0.6) is 5.75 Å². The first-order valence-electron chi connectivity index (χ1n) is 7.99. The van der Waals surface area contributed by atoms with Crippen molar-refractivity contribution in [3.8, 4) is 5.75 Å². The van der Waals surface area contributed by atoms with Crippen LogP contribution in [0.1, 0.15) is 45.2 Å². The molecule has 1 N–H and O–H groups in total. The summed E-state index contributed by atoms with van der Waals surface area (Å²) in [5.41, 5.74) is 0.646. The van der Waals surface area contributed by atoms with Crippen LogP contribution in [0, 0.1) is 5.82 Å². The second kappa shape index (κ2) is 6.93. The Morgan fingerprint density at radius 1 is 1.24 bits per heavy atom. The van der Waals surface area contributed by atoms with Gasteiger partial charge in [0.05, 0.1) is 24.3 Å². The van der Waals surface area contributed by atoms with Gasteiger partial charge in [0.25, 0.3) is 5.91 Å². The van der Waals surface area contributed by atoms with Crippen LogP contribution >= 0.6 is 0 Å². The first-order valence-corrected chi connectivity index (χ1v) is 7.99. The lowest BCUT2D eigenvalue weighted by Crippen LogP contribution is -2.31. The summed E-state index contributed by atoms with van der Waals surface area (Å²) in [6.07, 6.45) is 1.61. The van der Waals surface area contributed by atoms with E-state index in [9.17, 15) is 14.0 Å². The average Bonchev–Trinajstić information content (AvgIpc) is 3.10. The SMILES string of the molecule is COc1cccc(C2CCCN2C(=O)c2ccc(C(=O)O)cc2F)c1. The van der Waals surface area contributed by atoms with Crippen LogP contribution in [-0.2, 0) is 0 Å². The smallest absolute Gasteiger partial charge is 0.335 e. The third kappa shape index (κ3) is 3.33. The highest BCUT2D eigenvalue weighted by atomic mass is 19.1. The van der Waals surface area contributed by atoms with Crippen molar-refractivity contribution >= 4 is 11.9 Å². The maximum absolute atomic E-state index is 14.2. The van der Waals surface area contributed by atoms with Crippen molar-refractivity contribution in [2.24, 2.45) is 0 Å². The molecule has 1 heterocycles. The van der Waals surface area contributed by atoms with Crippen LogP contribution in [-0.4, -0.2) is 35.5 Å². The van der Waals surface area contributed by atoms with E-state index >= 15 is 0 Å². The quantitative estimate of drug-likeness (QED) is 0.922. The second-order valence-electron chi connectivity index (χ2n) is 5.93. The summed E-state index contributed by atoms with van der Waals surface area (Å²) in [5, 5.41) is 8.92. The first-order chi connectivity index (χ1) is 12.0. The number of methoxy groups -OCH3 is 1. The molecule has 6 heteroatoms. The Labute approximate surface area is 144 Å². The number of likely N-dealkylation sites (tertiary alicyclic amines) is 1. The number of aromatic carboxylic acids is 1. The van der Waals surface area contributed by atoms with Gasteiger partial charge < -0.3 is 14.7 Å². The van der Waals surface area contributed by atoms with Crippen LogP contribution in [0.3, 0.4) is 0 Å². The number of hydrogen-bond acceptors (Lipinski definition) is 3. The lowest BCUT2D eigenvalue weighted by Gasteiger charge is -2.25. The summed E-state index contributed by atoms with van der Waals surface area (Å²) < 4.78 is 19.5. The fraction of sp³-hybridized carbons (Fsp3) is 0.263. The molecular formula is C19H18FNO4. The summed E-state index contributed by atoms with van der Waals surface area (Å²) >= 11 is 0. The molecule has 1 atom stereocenters. The average molecular weight is 343 g/mol. The fourth-order valence-corrected chi connectivity index (χ4v) is 3.18. The van der Waals surface area contributed by atoms with Gasteiger partial charge in [-0.25, -0.2) is 9.18 Å². The fourth-order valence-electron chi connectivity index (χ4n) is 3.18. The van der Waals surface area contributed by atoms with Gasteiger partial charge in [0.15, 0.2) is 0 Å². The third-order valence-corrected chi connectivity index (χ3v) is 4.44. The molecule has 1 fully saturated rings. The number of amides is 1. The number of carbonyl (C=O) groups is 2. The van der Waals surface area contributed by atoms with Crippen molar-refractivity contribution in [2.45, 2.75) is 18.9 Å². The molecule has 130 valence electrons. The highest BCUT2D eigenvalue weighted by molar-refractivity contribution is 5.96. The summed E-state index contributed by atoms with van der Waals surface area (Å²) in [7, 11) is 1.58. The Balaban J connectivity index is 1.89. The van der Waals surface area contributed by atoms with Gasteiger partial charge in [-0.15, -0.1) is 0 Å². The molecule has 3 rings (SSSR count). The van der Waals surface area contributed by atoms with E-state index in [-0.39, 0.29) is 17.2 Å². The van der Waals surface area contributed by atoms with E-state index in [1.54, 1.807) is 12.0 Å². The van der Waals surface area contributed by atoms with Gasteiger partial charge in [0, 0.05) is 6.54 Å². The van der Waals surface area contributed by atoms with Crippen LogP contribution in [0.25, 0.3) is 0 Å². The molecule has 0 radical (unpaired) electrons. The molecule has 1 aliphatic heterocycles. The molecule has 0 spiro atoms. The minimum absolute atomic E-state index is 0.111. The maximum Gasteiger partial charge on any atom is 0.335 e. The number of carboxylic acids is 1. The Morgan fingerprint density at radius 2 is 2.04 bits per heavy atom. The number of carboxylic acid groups (broad SMARTS) is 1. The minimum atomic E-state index is -1.23. The lowest BCUT2D eigenvalue weighted by atomic mass is 10.0. The van der Waals surface area contributed by atoms with Crippen molar-refractivity contribution in [1.82, 2.24) is 4.90 Å². The molecule has 5 nitrogen and oxygen atoms in total. The van der Waals surface area contributed by atoms with E-state index in [0.29, 0.717) is 12.3 Å². The molecular weight excluding hydrogens is 325 g/mol. The minimum Gasteiger partial charge on any atom is -0.497 e. The van der Waals surface area contributed by atoms with Gasteiger partial charge in [0.1, 0.15) is 11.6 Å². The van der Waals surface area contributed by atoms with Crippen LogP contribution in [0.15, 0.2) is 42.5 Å². The number of nitrogens with zero attached hydrogens (tertiary/aromatic N) is 1. The monoisotopic (exact) mass is 343 g/mol. The van der Waals surface area contributed by atoms with Crippen molar-refractivity contribution in [2.75, 3.05) is 13.7 Å². The molecule has 25 heavy (non-hydrogen) atoms. The standard InChI is InChI=1S/C19H18FNO4/c1-25-14-5-2-4-12(10-14)17-6-3-9-21(17)18(22)15-8-7-13(19(23)24)11-16(15)20/h2,4-5,7-8,10-11,17H,3,6,9H2,1H3,(H,23,24). The lowest BCUT2D eigenvalue weighted by molar-refractivity contribution is 0.0690. The predicted molar refractivity (Wildman–Crippen MR) is 89.4 cm³/mol. The molecule has 0 aliphatic carbocycles. The van der Waals surface area contributed by atoms with E-state index in [2.05, 4.69) is 0 Å². The first kappa shape index (κ1) is 17.0. The largest absolute Gasteiger partial charge is 0.497 e. The van der Waals surface area contributed by atoms with E-state index in [1.165, 1.54) is 12.1 Å². The predicted octanol–water partition coefficient (Wildman–Crippen LogP) is 3.51. The molecule has 1 saturated heterocycles. The number of carbonyl (C=O) groups excluding carboxylic acids is 1. The molecule has 0 aromatic heterocycles. The Morgan fingerprint density at radius 3 is 2.72 bits per heavy atom. The molecule has 1 unspecified atom stereocenters. The summed E-state index contributed by atoms with van der Waals surface area (Å²) in [6.45, 7) is 0.529. The zero-order valence-electron chi connectivity index (χ0n) is 13.7. The van der Waals surface area contributed by atoms with Crippen LogP contribution < -0.4 is 4.74 Å². The van der Waals surface area contributed by atoms with Gasteiger partial charge in [-0.2, -0.15) is 0 Å². The number of benzene rings is 2. The highest BCUT2D eigenvalue weighted by Crippen LogP contribution is 2.34. The van der Waals surface area contributed by atoms with E-state index < -0.39 is 17.7 Å². The highest BCUT2D eigenvalue weighted by Gasteiger charge is 2.32. The second-order valence-corrected chi connectivity index (χ2v) is 5.93. The van der Waals surface area contributed by atoms with Gasteiger partial charge in [0.2, 0.25) is 0 Å². The maximum atomic E-state index is 14.2. The van der Waals surface area contributed by atoms with Crippen molar-refractivity contribution in [1.29, 1.82) is 0 Å². The zero-order valence-corrected chi connectivity index (χ0v) is 13.7. The van der Waals surface area contributed by atoms with Gasteiger partial charge >= 0.3 is 5.97 Å². The Kier molecular flexibility index (Phi) is 4.70. The summed E-state index contributed by atoms with van der Waals surface area (Å²) in [4.78, 5) is 25.3. The number of hydrogen-bond donors (Lipinski definition) is 1. The van der Waals surface area contributed by atoms with Crippen molar-refractivity contribution in [3.63, 3.8) is 0 Å². The molecule has 0 bridgehead atoms. The summed E-state index contributed by atoms with van der Waals surface area (Å²) in [5.74, 6) is -1.77. The molecule has 1 amide bonds. The summed E-state index contributed by atoms with van der Waals surface area (Å²) in [6, 6.07) is 10.7. The van der Waals surface area contributed by atoms with Crippen LogP contribution in [0.2, 0.25) is 0 Å². The van der Waals surface area contributed by atoms with Crippen molar-refractivity contribution < 1.29 is 23.8 Å². The van der Waals surface area contributed by atoms with E-state index in [4.69, 9.17) is 9.84 Å². The zero-order chi connectivity index (χ0) is 18.0. The molecule has 2 aromatic carbocycles. The number of rotatable bonds is 4. The van der Waals surface area contributed by atoms with Crippen molar-refractivity contribution in [3.05, 3.63) is 65.0 Å². The topological polar surface area (TPSA) is 66.8 Å². The molecule has 0 saturated carbocycles. The number of ether oxygens (including phenoxy) is 1. The van der Waals surface area contributed by atoms with E-state index in [0.717, 1.165) is 24.5 Å². The Hall–Kier alpha value is -2.89. The Bertz CT molecular complexity index is 821. The van der Waals surface area contributed by atoms with Crippen LogP contribution in [0.4, 0.5) is 4.39 Å². The number of halogens is 1. The normalized spacial score (nSPS) is 16.7. The molecule has 1 aliphatic rings. The molecule has 2 aromatic rings. The van der Waals surface area contributed by atoms with Gasteiger partial charge in [-0.05, 0) is 48.7 Å².